The van der Waals surface area contributed by atoms with Gasteiger partial charge in [0.05, 0.1) is 13.3 Å². The van der Waals surface area contributed by atoms with E-state index in [1.54, 1.807) is 13.3 Å². The lowest BCUT2D eigenvalue weighted by Crippen LogP contribution is -2.34. The molecule has 0 saturated heterocycles. The van der Waals surface area contributed by atoms with Crippen molar-refractivity contribution in [1.82, 2.24) is 15.6 Å². The zero-order chi connectivity index (χ0) is 14.8. The molecule has 0 fully saturated rings. The van der Waals surface area contributed by atoms with Crippen LogP contribution in [0.5, 0.6) is 5.75 Å². The van der Waals surface area contributed by atoms with Crippen molar-refractivity contribution in [2.45, 2.75) is 6.42 Å². The van der Waals surface area contributed by atoms with Gasteiger partial charge < -0.3 is 15.0 Å². The fourth-order valence-corrected chi connectivity index (χ4v) is 1.49. The van der Waals surface area contributed by atoms with Gasteiger partial charge in [0, 0.05) is 6.54 Å². The number of carbonyl (C=O) groups is 1. The van der Waals surface area contributed by atoms with Crippen LogP contribution in [0.4, 0.5) is 4.79 Å². The van der Waals surface area contributed by atoms with Gasteiger partial charge in [-0.05, 0) is 56.9 Å². The van der Waals surface area contributed by atoms with Crippen LogP contribution in [0.2, 0.25) is 0 Å². The fraction of sp³-hybridized carbons (Fsp3) is 0.429. The lowest BCUT2D eigenvalue weighted by molar-refractivity contribution is 0.240. The molecule has 0 unspecified atom stereocenters. The Morgan fingerprint density at radius 3 is 2.65 bits per heavy atom. The van der Waals surface area contributed by atoms with Gasteiger partial charge in [0.15, 0.2) is 0 Å². The number of amides is 2. The Labute approximate surface area is 119 Å². The van der Waals surface area contributed by atoms with Crippen LogP contribution in [0.15, 0.2) is 29.4 Å². The molecule has 0 spiro atoms. The maximum Gasteiger partial charge on any atom is 0.335 e. The van der Waals surface area contributed by atoms with Gasteiger partial charge in [0.1, 0.15) is 5.75 Å². The summed E-state index contributed by atoms with van der Waals surface area (Å²) in [5.41, 5.74) is 3.31. The molecule has 0 radical (unpaired) electrons. The third-order valence-electron chi connectivity index (χ3n) is 2.56. The van der Waals surface area contributed by atoms with Crippen molar-refractivity contribution in [3.05, 3.63) is 29.8 Å². The Bertz CT molecular complexity index is 429. The lowest BCUT2D eigenvalue weighted by Gasteiger charge is -2.09. The average molecular weight is 278 g/mol. The molecule has 0 aliphatic carbocycles. The summed E-state index contributed by atoms with van der Waals surface area (Å²) in [6.45, 7) is 1.57. The Morgan fingerprint density at radius 2 is 2.05 bits per heavy atom. The van der Waals surface area contributed by atoms with Crippen molar-refractivity contribution < 1.29 is 9.53 Å². The van der Waals surface area contributed by atoms with Crippen LogP contribution < -0.4 is 15.5 Å². The van der Waals surface area contributed by atoms with Crippen molar-refractivity contribution in [3.8, 4) is 5.75 Å². The van der Waals surface area contributed by atoms with Crippen LogP contribution in [0.1, 0.15) is 12.0 Å². The van der Waals surface area contributed by atoms with E-state index in [4.69, 9.17) is 4.74 Å². The van der Waals surface area contributed by atoms with Crippen LogP contribution in [-0.4, -0.2) is 51.4 Å². The van der Waals surface area contributed by atoms with Crippen molar-refractivity contribution in [1.29, 1.82) is 0 Å². The largest absolute Gasteiger partial charge is 0.497 e. The molecule has 2 N–H and O–H groups in total. The first-order valence-electron chi connectivity index (χ1n) is 6.47. The van der Waals surface area contributed by atoms with E-state index in [-0.39, 0.29) is 6.03 Å². The second-order valence-electron chi connectivity index (χ2n) is 4.56. The zero-order valence-electron chi connectivity index (χ0n) is 12.2. The van der Waals surface area contributed by atoms with E-state index in [2.05, 4.69) is 20.7 Å². The van der Waals surface area contributed by atoms with Gasteiger partial charge in [-0.3, -0.25) is 0 Å². The highest BCUT2D eigenvalue weighted by atomic mass is 16.5. The predicted octanol–water partition coefficient (Wildman–Crippen LogP) is 1.28. The number of hydrogen-bond donors (Lipinski definition) is 2. The Kier molecular flexibility index (Phi) is 7.13. The summed E-state index contributed by atoms with van der Waals surface area (Å²) in [5.74, 6) is 0.786. The third-order valence-corrected chi connectivity index (χ3v) is 2.56. The lowest BCUT2D eigenvalue weighted by atomic mass is 10.2. The number of methoxy groups -OCH3 is 1. The first-order chi connectivity index (χ1) is 9.61. The van der Waals surface area contributed by atoms with Crippen molar-refractivity contribution >= 4 is 12.2 Å². The normalized spacial score (nSPS) is 10.8. The van der Waals surface area contributed by atoms with E-state index < -0.39 is 0 Å². The highest BCUT2D eigenvalue weighted by Crippen LogP contribution is 2.09. The van der Waals surface area contributed by atoms with E-state index in [0.717, 1.165) is 24.3 Å². The molecule has 2 amide bonds. The third kappa shape index (κ3) is 6.75. The number of nitrogens with zero attached hydrogens (tertiary/aromatic N) is 2. The molecule has 1 aromatic rings. The Balaban J connectivity index is 2.23. The Morgan fingerprint density at radius 1 is 1.35 bits per heavy atom. The zero-order valence-corrected chi connectivity index (χ0v) is 12.2. The van der Waals surface area contributed by atoms with E-state index >= 15 is 0 Å². The molecule has 0 atom stereocenters. The van der Waals surface area contributed by atoms with Crippen LogP contribution in [0.25, 0.3) is 0 Å². The molecule has 0 aromatic heterocycles. The molecule has 0 saturated carbocycles. The van der Waals surface area contributed by atoms with E-state index in [1.165, 1.54) is 0 Å². The Hall–Kier alpha value is -2.08. The van der Waals surface area contributed by atoms with Gasteiger partial charge >= 0.3 is 6.03 Å². The summed E-state index contributed by atoms with van der Waals surface area (Å²) in [4.78, 5) is 13.5. The van der Waals surface area contributed by atoms with Crippen LogP contribution in [0.3, 0.4) is 0 Å². The smallest absolute Gasteiger partial charge is 0.335 e. The molecule has 20 heavy (non-hydrogen) atoms. The van der Waals surface area contributed by atoms with Gasteiger partial charge in [-0.25, -0.2) is 10.2 Å². The van der Waals surface area contributed by atoms with Gasteiger partial charge in [-0.1, -0.05) is 0 Å². The first kappa shape index (κ1) is 16.0. The van der Waals surface area contributed by atoms with Gasteiger partial charge in [0.25, 0.3) is 0 Å². The predicted molar refractivity (Wildman–Crippen MR) is 80.3 cm³/mol. The monoisotopic (exact) mass is 278 g/mol. The van der Waals surface area contributed by atoms with Gasteiger partial charge in [0.2, 0.25) is 0 Å². The minimum Gasteiger partial charge on any atom is -0.497 e. The highest BCUT2D eigenvalue weighted by molar-refractivity contribution is 5.81. The van der Waals surface area contributed by atoms with Crippen molar-refractivity contribution in [2.24, 2.45) is 5.10 Å². The quantitative estimate of drug-likeness (QED) is 0.448. The van der Waals surface area contributed by atoms with Crippen molar-refractivity contribution in [3.63, 3.8) is 0 Å². The summed E-state index contributed by atoms with van der Waals surface area (Å²) in [6, 6.07) is 7.09. The fourth-order valence-electron chi connectivity index (χ4n) is 1.49. The minimum atomic E-state index is -0.298. The maximum atomic E-state index is 11.4. The van der Waals surface area contributed by atoms with Gasteiger partial charge in [-0.2, -0.15) is 5.10 Å². The standard InChI is InChI=1S/C14H22N4O2/c1-18(2)10-4-9-15-14(19)17-16-11-12-5-7-13(20-3)8-6-12/h5-8,11H,4,9-10H2,1-3H3,(H2,15,17,19). The van der Waals surface area contributed by atoms with Crippen LogP contribution in [0, 0.1) is 0 Å². The summed E-state index contributed by atoms with van der Waals surface area (Å²) >= 11 is 0. The number of carbonyl (C=O) groups excluding carboxylic acids is 1. The van der Waals surface area contributed by atoms with Gasteiger partial charge in [-0.15, -0.1) is 0 Å². The van der Waals surface area contributed by atoms with Crippen LogP contribution in [-0.2, 0) is 0 Å². The number of hydrazone groups is 1. The summed E-state index contributed by atoms with van der Waals surface area (Å²) in [5, 5.41) is 6.60. The number of urea groups is 1. The molecule has 6 heteroatoms. The summed E-state index contributed by atoms with van der Waals surface area (Å²) < 4.78 is 5.06. The second-order valence-corrected chi connectivity index (χ2v) is 4.56. The van der Waals surface area contributed by atoms with E-state index in [9.17, 15) is 4.79 Å². The summed E-state index contributed by atoms with van der Waals surface area (Å²) in [6.07, 6.45) is 2.49. The molecule has 0 heterocycles. The number of nitrogens with one attached hydrogen (secondary N) is 2. The van der Waals surface area contributed by atoms with E-state index in [1.807, 2.05) is 38.4 Å². The molecular formula is C14H22N4O2. The molecular weight excluding hydrogens is 256 g/mol. The molecule has 6 nitrogen and oxygen atoms in total. The molecule has 0 bridgehead atoms. The molecule has 1 rings (SSSR count). The number of ether oxygens (including phenoxy) is 1. The number of hydrogen-bond acceptors (Lipinski definition) is 4. The van der Waals surface area contributed by atoms with Crippen molar-refractivity contribution in [2.75, 3.05) is 34.3 Å². The SMILES string of the molecule is COc1ccc(C=NNC(=O)NCCCN(C)C)cc1. The molecule has 1 aromatic carbocycles. The average Bonchev–Trinajstić information content (AvgIpc) is 2.44. The first-order valence-corrected chi connectivity index (χ1v) is 6.47. The second kappa shape index (κ2) is 8.92. The molecule has 0 aliphatic rings. The topological polar surface area (TPSA) is 66.0 Å². The maximum absolute atomic E-state index is 11.4. The molecule has 0 aliphatic heterocycles. The minimum absolute atomic E-state index is 0.298. The highest BCUT2D eigenvalue weighted by Gasteiger charge is 1.97. The number of rotatable bonds is 7. The van der Waals surface area contributed by atoms with E-state index in [0.29, 0.717) is 6.54 Å². The molecule has 110 valence electrons. The summed E-state index contributed by atoms with van der Waals surface area (Å²) in [7, 11) is 5.61. The number of benzene rings is 1. The van der Waals surface area contributed by atoms with Crippen LogP contribution >= 0.6 is 0 Å².